The second kappa shape index (κ2) is 6.94. The predicted octanol–water partition coefficient (Wildman–Crippen LogP) is 2.40. The number of likely N-dealkylation sites (N-methyl/N-ethyl adjacent to an activating group) is 1. The van der Waals surface area contributed by atoms with E-state index in [1.165, 1.54) is 5.56 Å². The average molecular weight is 290 g/mol. The van der Waals surface area contributed by atoms with Gasteiger partial charge in [-0.25, -0.2) is 0 Å². The maximum atomic E-state index is 12.0. The Morgan fingerprint density at radius 2 is 2.19 bits per heavy atom. The van der Waals surface area contributed by atoms with Crippen LogP contribution < -0.4 is 10.1 Å². The molecule has 116 valence electrons. The van der Waals surface area contributed by atoms with E-state index in [-0.39, 0.29) is 11.9 Å². The zero-order valence-corrected chi connectivity index (χ0v) is 13.4. The Labute approximate surface area is 127 Å². The SMILES string of the molecule is CCN(C)C(=O)C(C)NC1CC(c2cccc(OC)c2)C1. The third-order valence-electron chi connectivity index (χ3n) is 4.41. The van der Waals surface area contributed by atoms with Gasteiger partial charge in [0.25, 0.3) is 0 Å². The van der Waals surface area contributed by atoms with Crippen molar-refractivity contribution in [1.82, 2.24) is 10.2 Å². The number of hydrogen-bond donors (Lipinski definition) is 1. The molecule has 1 aliphatic rings. The van der Waals surface area contributed by atoms with Gasteiger partial charge in [0.2, 0.25) is 5.91 Å². The summed E-state index contributed by atoms with van der Waals surface area (Å²) in [6.45, 7) is 4.70. The van der Waals surface area contributed by atoms with Crippen LogP contribution in [0.15, 0.2) is 24.3 Å². The third kappa shape index (κ3) is 3.76. The molecule has 4 heteroatoms. The Kier molecular flexibility index (Phi) is 5.23. The first kappa shape index (κ1) is 15.8. The van der Waals surface area contributed by atoms with Gasteiger partial charge in [-0.2, -0.15) is 0 Å². The van der Waals surface area contributed by atoms with E-state index in [9.17, 15) is 4.79 Å². The minimum Gasteiger partial charge on any atom is -0.497 e. The van der Waals surface area contributed by atoms with Crippen molar-refractivity contribution in [2.45, 2.75) is 44.7 Å². The van der Waals surface area contributed by atoms with E-state index in [1.807, 2.05) is 33.0 Å². The highest BCUT2D eigenvalue weighted by molar-refractivity contribution is 5.81. The molecular weight excluding hydrogens is 264 g/mol. The van der Waals surface area contributed by atoms with E-state index in [0.29, 0.717) is 12.0 Å². The maximum Gasteiger partial charge on any atom is 0.239 e. The zero-order chi connectivity index (χ0) is 15.4. The molecule has 2 rings (SSSR count). The molecule has 4 nitrogen and oxygen atoms in total. The highest BCUT2D eigenvalue weighted by Gasteiger charge is 2.32. The molecule has 1 unspecified atom stereocenters. The number of rotatable bonds is 6. The average Bonchev–Trinajstić information content (AvgIpc) is 2.48. The molecule has 1 atom stereocenters. The van der Waals surface area contributed by atoms with E-state index in [4.69, 9.17) is 4.74 Å². The summed E-state index contributed by atoms with van der Waals surface area (Å²) in [5, 5.41) is 3.44. The Hall–Kier alpha value is -1.55. The topological polar surface area (TPSA) is 41.6 Å². The number of nitrogens with zero attached hydrogens (tertiary/aromatic N) is 1. The van der Waals surface area contributed by atoms with Crippen LogP contribution >= 0.6 is 0 Å². The van der Waals surface area contributed by atoms with E-state index < -0.39 is 0 Å². The Bertz CT molecular complexity index is 483. The van der Waals surface area contributed by atoms with Gasteiger partial charge in [0.1, 0.15) is 5.75 Å². The van der Waals surface area contributed by atoms with Crippen molar-refractivity contribution in [3.8, 4) is 5.75 Å². The third-order valence-corrected chi connectivity index (χ3v) is 4.41. The van der Waals surface area contributed by atoms with Crippen LogP contribution in [0.25, 0.3) is 0 Å². The molecule has 1 aliphatic carbocycles. The Morgan fingerprint density at radius 3 is 2.81 bits per heavy atom. The summed E-state index contributed by atoms with van der Waals surface area (Å²) in [5.41, 5.74) is 1.33. The summed E-state index contributed by atoms with van der Waals surface area (Å²) in [6, 6.07) is 8.61. The second-order valence-electron chi connectivity index (χ2n) is 5.88. The van der Waals surface area contributed by atoms with Crippen LogP contribution in [0.4, 0.5) is 0 Å². The van der Waals surface area contributed by atoms with E-state index in [0.717, 1.165) is 25.1 Å². The lowest BCUT2D eigenvalue weighted by Gasteiger charge is -2.38. The van der Waals surface area contributed by atoms with Crippen molar-refractivity contribution in [2.75, 3.05) is 20.7 Å². The molecular formula is C17H26N2O2. The van der Waals surface area contributed by atoms with Crippen LogP contribution in [0, 0.1) is 0 Å². The molecule has 0 bridgehead atoms. The normalized spacial score (nSPS) is 22.3. The Balaban J connectivity index is 1.82. The predicted molar refractivity (Wildman–Crippen MR) is 84.7 cm³/mol. The molecule has 1 aromatic rings. The zero-order valence-electron chi connectivity index (χ0n) is 13.4. The molecule has 0 saturated heterocycles. The quantitative estimate of drug-likeness (QED) is 0.874. The lowest BCUT2D eigenvalue weighted by atomic mass is 9.75. The van der Waals surface area contributed by atoms with Crippen molar-refractivity contribution in [3.63, 3.8) is 0 Å². The molecule has 0 heterocycles. The number of nitrogens with one attached hydrogen (secondary N) is 1. The number of amides is 1. The van der Waals surface area contributed by atoms with E-state index in [2.05, 4.69) is 17.4 Å². The van der Waals surface area contributed by atoms with Crippen LogP contribution in [0.1, 0.15) is 38.2 Å². The van der Waals surface area contributed by atoms with Crippen molar-refractivity contribution < 1.29 is 9.53 Å². The minimum atomic E-state index is -0.105. The van der Waals surface area contributed by atoms with E-state index in [1.54, 1.807) is 12.0 Å². The molecule has 1 amide bonds. The van der Waals surface area contributed by atoms with Crippen LogP contribution in [0.2, 0.25) is 0 Å². The van der Waals surface area contributed by atoms with Crippen LogP contribution in [0.5, 0.6) is 5.75 Å². The van der Waals surface area contributed by atoms with Gasteiger partial charge in [-0.15, -0.1) is 0 Å². The molecule has 1 aromatic carbocycles. The highest BCUT2D eigenvalue weighted by atomic mass is 16.5. The summed E-state index contributed by atoms with van der Waals surface area (Å²) in [7, 11) is 3.54. The van der Waals surface area contributed by atoms with Gasteiger partial charge in [-0.1, -0.05) is 12.1 Å². The number of carbonyl (C=O) groups excluding carboxylic acids is 1. The molecule has 0 radical (unpaired) electrons. The number of hydrogen-bond acceptors (Lipinski definition) is 3. The summed E-state index contributed by atoms with van der Waals surface area (Å²) >= 11 is 0. The molecule has 0 aromatic heterocycles. The van der Waals surface area contributed by atoms with Gasteiger partial charge in [0.05, 0.1) is 13.2 Å². The maximum absolute atomic E-state index is 12.0. The molecule has 0 spiro atoms. The highest BCUT2D eigenvalue weighted by Crippen LogP contribution is 2.38. The monoisotopic (exact) mass is 290 g/mol. The first-order valence-electron chi connectivity index (χ1n) is 7.70. The first-order chi connectivity index (χ1) is 10.0. The van der Waals surface area contributed by atoms with Gasteiger partial charge in [-0.05, 0) is 50.3 Å². The minimum absolute atomic E-state index is 0.105. The van der Waals surface area contributed by atoms with Gasteiger partial charge in [0, 0.05) is 19.6 Å². The van der Waals surface area contributed by atoms with Gasteiger partial charge in [-0.3, -0.25) is 4.79 Å². The first-order valence-corrected chi connectivity index (χ1v) is 7.70. The van der Waals surface area contributed by atoms with Crippen molar-refractivity contribution in [3.05, 3.63) is 29.8 Å². The molecule has 0 aliphatic heterocycles. The van der Waals surface area contributed by atoms with E-state index >= 15 is 0 Å². The lowest BCUT2D eigenvalue weighted by Crippen LogP contribution is -2.50. The number of ether oxygens (including phenoxy) is 1. The number of benzene rings is 1. The molecule has 1 fully saturated rings. The second-order valence-corrected chi connectivity index (χ2v) is 5.88. The van der Waals surface area contributed by atoms with Gasteiger partial charge >= 0.3 is 0 Å². The van der Waals surface area contributed by atoms with Gasteiger partial charge in [0.15, 0.2) is 0 Å². The van der Waals surface area contributed by atoms with Crippen molar-refractivity contribution >= 4 is 5.91 Å². The number of methoxy groups -OCH3 is 1. The summed E-state index contributed by atoms with van der Waals surface area (Å²) in [6.07, 6.45) is 2.17. The fourth-order valence-corrected chi connectivity index (χ4v) is 2.83. The van der Waals surface area contributed by atoms with Crippen LogP contribution in [0.3, 0.4) is 0 Å². The Morgan fingerprint density at radius 1 is 1.48 bits per heavy atom. The smallest absolute Gasteiger partial charge is 0.239 e. The summed E-state index contributed by atoms with van der Waals surface area (Å²) in [5.74, 6) is 1.66. The van der Waals surface area contributed by atoms with Crippen molar-refractivity contribution in [2.24, 2.45) is 0 Å². The summed E-state index contributed by atoms with van der Waals surface area (Å²) in [4.78, 5) is 13.8. The van der Waals surface area contributed by atoms with Crippen LogP contribution in [-0.4, -0.2) is 43.6 Å². The van der Waals surface area contributed by atoms with Crippen molar-refractivity contribution in [1.29, 1.82) is 0 Å². The number of carbonyl (C=O) groups is 1. The molecule has 21 heavy (non-hydrogen) atoms. The lowest BCUT2D eigenvalue weighted by molar-refractivity contribution is -0.131. The standard InChI is InChI=1S/C17H26N2O2/c1-5-19(3)17(20)12(2)18-15-9-14(10-15)13-7-6-8-16(11-13)21-4/h6-8,11-12,14-15,18H,5,9-10H2,1-4H3. The fourth-order valence-electron chi connectivity index (χ4n) is 2.83. The van der Waals surface area contributed by atoms with Gasteiger partial charge < -0.3 is 15.0 Å². The molecule has 1 N–H and O–H groups in total. The molecule has 1 saturated carbocycles. The largest absolute Gasteiger partial charge is 0.497 e. The fraction of sp³-hybridized carbons (Fsp3) is 0.588. The summed E-state index contributed by atoms with van der Waals surface area (Å²) < 4.78 is 5.27. The van der Waals surface area contributed by atoms with Crippen LogP contribution in [-0.2, 0) is 4.79 Å².